The van der Waals surface area contributed by atoms with E-state index in [1.54, 1.807) is 26.2 Å². The largest absolute Gasteiger partial charge is 0.495 e. The molecule has 1 aromatic carbocycles. The van der Waals surface area contributed by atoms with E-state index in [1.807, 2.05) is 13.0 Å². The second kappa shape index (κ2) is 8.12. The number of rotatable bonds is 7. The Balaban J connectivity index is 3.02. The van der Waals surface area contributed by atoms with Gasteiger partial charge in [-0.3, -0.25) is 5.32 Å². The summed E-state index contributed by atoms with van der Waals surface area (Å²) in [6.07, 6.45) is 0.916. The molecule has 0 aromatic heterocycles. The molecule has 0 saturated heterocycles. The fourth-order valence-electron chi connectivity index (χ4n) is 1.79. The van der Waals surface area contributed by atoms with Gasteiger partial charge in [0.1, 0.15) is 11.8 Å². The van der Waals surface area contributed by atoms with E-state index in [9.17, 15) is 4.79 Å². The number of nitrogens with one attached hydrogen (secondary N) is 1. The van der Waals surface area contributed by atoms with Crippen molar-refractivity contribution in [2.45, 2.75) is 39.3 Å². The molecular formula is C15H22ClNO3. The van der Waals surface area contributed by atoms with Crippen molar-refractivity contribution in [2.75, 3.05) is 13.7 Å². The first-order valence-corrected chi connectivity index (χ1v) is 7.17. The average molecular weight is 300 g/mol. The van der Waals surface area contributed by atoms with Crippen LogP contribution >= 0.6 is 11.6 Å². The smallest absolute Gasteiger partial charge is 0.327 e. The molecule has 0 bridgehead atoms. The van der Waals surface area contributed by atoms with E-state index in [0.717, 1.165) is 12.0 Å². The number of benzene rings is 1. The number of methoxy groups -OCH3 is 1. The number of carbonyl (C=O) groups excluding carboxylic acids is 1. The van der Waals surface area contributed by atoms with Crippen molar-refractivity contribution >= 4 is 17.6 Å². The van der Waals surface area contributed by atoms with Crippen molar-refractivity contribution in [2.24, 2.45) is 0 Å². The van der Waals surface area contributed by atoms with Crippen molar-refractivity contribution in [3.05, 3.63) is 28.8 Å². The SMILES string of the molecule is CCOC(=O)C(NC(C)CC)c1ccc(OC)c(Cl)c1. The Hall–Kier alpha value is -1.26. The lowest BCUT2D eigenvalue weighted by molar-refractivity contribution is -0.146. The number of hydrogen-bond acceptors (Lipinski definition) is 4. The average Bonchev–Trinajstić information content (AvgIpc) is 2.44. The summed E-state index contributed by atoms with van der Waals surface area (Å²) < 4.78 is 10.2. The Morgan fingerprint density at radius 1 is 1.40 bits per heavy atom. The molecule has 0 heterocycles. The Labute approximate surface area is 125 Å². The van der Waals surface area contributed by atoms with Crippen LogP contribution in [0.4, 0.5) is 0 Å². The standard InChI is InChI=1S/C15H22ClNO3/c1-5-10(3)17-14(15(18)20-6-2)11-7-8-13(19-4)12(16)9-11/h7-10,14,17H,5-6H2,1-4H3. The summed E-state index contributed by atoms with van der Waals surface area (Å²) in [4.78, 5) is 12.1. The van der Waals surface area contributed by atoms with Crippen molar-refractivity contribution in [3.8, 4) is 5.75 Å². The quantitative estimate of drug-likeness (QED) is 0.785. The van der Waals surface area contributed by atoms with Crippen LogP contribution in [0.1, 0.15) is 38.8 Å². The highest BCUT2D eigenvalue weighted by molar-refractivity contribution is 6.32. The maximum absolute atomic E-state index is 12.1. The fourth-order valence-corrected chi connectivity index (χ4v) is 2.06. The minimum Gasteiger partial charge on any atom is -0.495 e. The molecule has 0 fully saturated rings. The number of hydrogen-bond donors (Lipinski definition) is 1. The molecule has 0 amide bonds. The van der Waals surface area contributed by atoms with Gasteiger partial charge < -0.3 is 9.47 Å². The Morgan fingerprint density at radius 3 is 2.60 bits per heavy atom. The molecule has 4 nitrogen and oxygen atoms in total. The number of ether oxygens (including phenoxy) is 2. The third kappa shape index (κ3) is 4.39. The van der Waals surface area contributed by atoms with Gasteiger partial charge in [0, 0.05) is 6.04 Å². The van der Waals surface area contributed by atoms with Crippen molar-refractivity contribution in [1.29, 1.82) is 0 Å². The molecule has 0 aliphatic heterocycles. The van der Waals surface area contributed by atoms with Gasteiger partial charge in [0.2, 0.25) is 0 Å². The van der Waals surface area contributed by atoms with Gasteiger partial charge in [-0.05, 0) is 38.0 Å². The van der Waals surface area contributed by atoms with Crippen LogP contribution in [0, 0.1) is 0 Å². The molecule has 1 N–H and O–H groups in total. The lowest BCUT2D eigenvalue weighted by Gasteiger charge is -2.22. The van der Waals surface area contributed by atoms with E-state index in [2.05, 4.69) is 12.2 Å². The van der Waals surface area contributed by atoms with Gasteiger partial charge in [0.25, 0.3) is 0 Å². The monoisotopic (exact) mass is 299 g/mol. The fraction of sp³-hybridized carbons (Fsp3) is 0.533. The Bertz CT molecular complexity index is 451. The molecule has 2 unspecified atom stereocenters. The minimum atomic E-state index is -0.520. The topological polar surface area (TPSA) is 47.6 Å². The van der Waals surface area contributed by atoms with E-state index < -0.39 is 6.04 Å². The van der Waals surface area contributed by atoms with Crippen LogP contribution in [0.25, 0.3) is 0 Å². The molecule has 1 aromatic rings. The molecule has 5 heteroatoms. The van der Waals surface area contributed by atoms with Crippen molar-refractivity contribution < 1.29 is 14.3 Å². The zero-order valence-electron chi connectivity index (χ0n) is 12.4. The summed E-state index contributed by atoms with van der Waals surface area (Å²) in [7, 11) is 1.56. The van der Waals surface area contributed by atoms with Gasteiger partial charge in [0.15, 0.2) is 0 Å². The molecule has 0 radical (unpaired) electrons. The second-order valence-electron chi connectivity index (χ2n) is 4.56. The van der Waals surface area contributed by atoms with Crippen LogP contribution < -0.4 is 10.1 Å². The van der Waals surface area contributed by atoms with Crippen molar-refractivity contribution in [3.63, 3.8) is 0 Å². The van der Waals surface area contributed by atoms with E-state index in [-0.39, 0.29) is 12.0 Å². The van der Waals surface area contributed by atoms with Crippen LogP contribution in [-0.4, -0.2) is 25.7 Å². The molecule has 2 atom stereocenters. The highest BCUT2D eigenvalue weighted by Crippen LogP contribution is 2.28. The van der Waals surface area contributed by atoms with Crippen LogP contribution in [0.15, 0.2) is 18.2 Å². The molecule has 1 rings (SSSR count). The number of esters is 1. The maximum Gasteiger partial charge on any atom is 0.327 e. The van der Waals surface area contributed by atoms with E-state index in [1.165, 1.54) is 0 Å². The first kappa shape index (κ1) is 16.8. The highest BCUT2D eigenvalue weighted by atomic mass is 35.5. The first-order chi connectivity index (χ1) is 9.53. The van der Waals surface area contributed by atoms with Crippen LogP contribution in [0.3, 0.4) is 0 Å². The summed E-state index contributed by atoms with van der Waals surface area (Å²) >= 11 is 6.12. The molecule has 0 aliphatic carbocycles. The van der Waals surface area contributed by atoms with Gasteiger partial charge >= 0.3 is 5.97 Å². The second-order valence-corrected chi connectivity index (χ2v) is 4.96. The summed E-state index contributed by atoms with van der Waals surface area (Å²) in [5.74, 6) is 0.288. The van der Waals surface area contributed by atoms with Gasteiger partial charge in [-0.1, -0.05) is 24.6 Å². The minimum absolute atomic E-state index is 0.199. The van der Waals surface area contributed by atoms with Crippen LogP contribution in [0.5, 0.6) is 5.75 Å². The van der Waals surface area contributed by atoms with Crippen molar-refractivity contribution in [1.82, 2.24) is 5.32 Å². The summed E-state index contributed by atoms with van der Waals surface area (Å²) in [6.45, 7) is 6.22. The summed E-state index contributed by atoms with van der Waals surface area (Å²) in [5, 5.41) is 3.74. The van der Waals surface area contributed by atoms with Gasteiger partial charge in [-0.2, -0.15) is 0 Å². The lowest BCUT2D eigenvalue weighted by atomic mass is 10.1. The third-order valence-electron chi connectivity index (χ3n) is 3.10. The predicted molar refractivity (Wildman–Crippen MR) is 80.3 cm³/mol. The lowest BCUT2D eigenvalue weighted by Crippen LogP contribution is -2.36. The molecule has 0 aliphatic rings. The predicted octanol–water partition coefficient (Wildman–Crippen LogP) is 3.34. The molecule has 20 heavy (non-hydrogen) atoms. The summed E-state index contributed by atoms with van der Waals surface area (Å²) in [5.41, 5.74) is 0.773. The van der Waals surface area contributed by atoms with Gasteiger partial charge in [-0.25, -0.2) is 4.79 Å². The summed E-state index contributed by atoms with van der Waals surface area (Å²) in [6, 6.07) is 4.99. The van der Waals surface area contributed by atoms with E-state index >= 15 is 0 Å². The Morgan fingerprint density at radius 2 is 2.10 bits per heavy atom. The zero-order chi connectivity index (χ0) is 15.1. The van der Waals surface area contributed by atoms with Gasteiger partial charge in [0.05, 0.1) is 18.7 Å². The van der Waals surface area contributed by atoms with E-state index in [4.69, 9.17) is 21.1 Å². The Kier molecular flexibility index (Phi) is 6.82. The highest BCUT2D eigenvalue weighted by Gasteiger charge is 2.24. The normalized spacial score (nSPS) is 13.7. The number of halogens is 1. The first-order valence-electron chi connectivity index (χ1n) is 6.79. The molecular weight excluding hydrogens is 278 g/mol. The maximum atomic E-state index is 12.1. The van der Waals surface area contributed by atoms with Crippen LogP contribution in [0.2, 0.25) is 5.02 Å². The van der Waals surface area contributed by atoms with E-state index in [0.29, 0.717) is 17.4 Å². The van der Waals surface area contributed by atoms with Gasteiger partial charge in [-0.15, -0.1) is 0 Å². The van der Waals surface area contributed by atoms with Crippen LogP contribution in [-0.2, 0) is 9.53 Å². The number of carbonyl (C=O) groups is 1. The molecule has 0 saturated carbocycles. The molecule has 112 valence electrons. The molecule has 0 spiro atoms. The third-order valence-corrected chi connectivity index (χ3v) is 3.39. The zero-order valence-corrected chi connectivity index (χ0v) is 13.2.